The zero-order chi connectivity index (χ0) is 13.9. The lowest BCUT2D eigenvalue weighted by atomic mass is 10.1. The van der Waals surface area contributed by atoms with Crippen molar-refractivity contribution in [2.75, 3.05) is 19.6 Å². The van der Waals surface area contributed by atoms with E-state index in [-0.39, 0.29) is 24.2 Å². The monoisotopic (exact) mass is 310 g/mol. The Morgan fingerprint density at radius 2 is 2.38 bits per heavy atom. The number of pyridine rings is 1. The van der Waals surface area contributed by atoms with Gasteiger partial charge in [-0.2, -0.15) is 0 Å². The molecule has 0 radical (unpaired) electrons. The van der Waals surface area contributed by atoms with Crippen LogP contribution in [0.15, 0.2) is 24.5 Å². The minimum atomic E-state index is -0.147. The lowest BCUT2D eigenvalue weighted by Gasteiger charge is -2.23. The van der Waals surface area contributed by atoms with E-state index in [0.717, 1.165) is 13.0 Å². The van der Waals surface area contributed by atoms with Crippen molar-refractivity contribution in [2.24, 2.45) is 0 Å². The minimum Gasteiger partial charge on any atom is -0.350 e. The molecular formula is C14H19ClN4O2. The Hall–Kier alpha value is -1.66. The molecule has 1 aromatic heterocycles. The van der Waals surface area contributed by atoms with Crippen LogP contribution in [0, 0.1) is 0 Å². The van der Waals surface area contributed by atoms with Crippen LogP contribution in [0.4, 0.5) is 0 Å². The van der Waals surface area contributed by atoms with Crippen molar-refractivity contribution in [3.05, 3.63) is 30.1 Å². The highest BCUT2D eigenvalue weighted by Gasteiger charge is 2.41. The molecule has 2 fully saturated rings. The summed E-state index contributed by atoms with van der Waals surface area (Å²) in [4.78, 5) is 29.6. The fourth-order valence-electron chi connectivity index (χ4n) is 3.00. The van der Waals surface area contributed by atoms with E-state index in [2.05, 4.69) is 15.6 Å². The lowest BCUT2D eigenvalue weighted by Crippen LogP contribution is -2.41. The number of amides is 2. The molecule has 2 aliphatic heterocycles. The lowest BCUT2D eigenvalue weighted by molar-refractivity contribution is -0.128. The second-order valence-corrected chi connectivity index (χ2v) is 5.21. The summed E-state index contributed by atoms with van der Waals surface area (Å²) in [7, 11) is 0. The number of halogens is 1. The van der Waals surface area contributed by atoms with E-state index in [9.17, 15) is 9.59 Å². The summed E-state index contributed by atoms with van der Waals surface area (Å²) in [6.07, 6.45) is 4.76. The normalized spacial score (nSPS) is 23.6. The molecule has 21 heavy (non-hydrogen) atoms. The average molecular weight is 311 g/mol. The number of nitrogens with zero attached hydrogens (tertiary/aromatic N) is 2. The van der Waals surface area contributed by atoms with Crippen LogP contribution in [0.25, 0.3) is 0 Å². The molecular weight excluding hydrogens is 292 g/mol. The Labute approximate surface area is 129 Å². The number of nitrogens with one attached hydrogen (secondary N) is 2. The summed E-state index contributed by atoms with van der Waals surface area (Å²) in [5.41, 5.74) is 0.542. The van der Waals surface area contributed by atoms with Gasteiger partial charge in [-0.15, -0.1) is 12.4 Å². The topological polar surface area (TPSA) is 74.3 Å². The Morgan fingerprint density at radius 3 is 3.14 bits per heavy atom. The summed E-state index contributed by atoms with van der Waals surface area (Å²) >= 11 is 0. The van der Waals surface area contributed by atoms with Gasteiger partial charge in [-0.3, -0.25) is 14.6 Å². The third-order valence-electron chi connectivity index (χ3n) is 3.99. The first kappa shape index (κ1) is 15.7. The maximum atomic E-state index is 11.9. The number of carbonyl (C=O) groups excluding carboxylic acids is 2. The highest BCUT2D eigenvalue weighted by atomic mass is 35.5. The Kier molecular flexibility index (Phi) is 5.14. The van der Waals surface area contributed by atoms with Crippen molar-refractivity contribution in [1.29, 1.82) is 0 Å². The number of fused-ring (bicyclic) bond motifs is 1. The molecule has 0 aliphatic carbocycles. The molecule has 1 aromatic rings. The first-order valence-corrected chi connectivity index (χ1v) is 6.97. The maximum absolute atomic E-state index is 11.9. The van der Waals surface area contributed by atoms with Crippen LogP contribution in [-0.2, 0) is 4.79 Å². The van der Waals surface area contributed by atoms with Crippen LogP contribution in [0.5, 0.6) is 0 Å². The van der Waals surface area contributed by atoms with Gasteiger partial charge < -0.3 is 15.5 Å². The fraction of sp³-hybridized carbons (Fsp3) is 0.500. The predicted octanol–water partition coefficient (Wildman–Crippen LogP) is 0.196. The molecule has 3 rings (SSSR count). The van der Waals surface area contributed by atoms with Crippen LogP contribution >= 0.6 is 12.4 Å². The SMILES string of the molecule is Cl.O=C(NCCN1C(=O)C[C@H]2NCC[C@H]21)c1cccnc1. The third-order valence-corrected chi connectivity index (χ3v) is 3.99. The van der Waals surface area contributed by atoms with E-state index in [1.807, 2.05) is 4.90 Å². The van der Waals surface area contributed by atoms with Gasteiger partial charge in [-0.1, -0.05) is 0 Å². The van der Waals surface area contributed by atoms with Crippen LogP contribution in [0.1, 0.15) is 23.2 Å². The van der Waals surface area contributed by atoms with E-state index in [0.29, 0.717) is 37.2 Å². The fourth-order valence-corrected chi connectivity index (χ4v) is 3.00. The third kappa shape index (κ3) is 3.33. The zero-order valence-corrected chi connectivity index (χ0v) is 12.4. The van der Waals surface area contributed by atoms with Crippen molar-refractivity contribution in [3.63, 3.8) is 0 Å². The summed E-state index contributed by atoms with van der Waals surface area (Å²) in [5.74, 6) is 0.0358. The number of hydrogen-bond donors (Lipinski definition) is 2. The van der Waals surface area contributed by atoms with Crippen molar-refractivity contribution < 1.29 is 9.59 Å². The van der Waals surface area contributed by atoms with E-state index in [4.69, 9.17) is 0 Å². The standard InChI is InChI=1S/C14H18N4O2.ClH/c19-13-8-11-12(3-5-16-11)18(13)7-6-17-14(20)10-2-1-4-15-9-10;/h1-2,4,9,11-12,16H,3,5-8H2,(H,17,20);1H/t11-,12-;/m1./s1. The van der Waals surface area contributed by atoms with E-state index >= 15 is 0 Å². The second kappa shape index (κ2) is 6.87. The molecule has 2 atom stereocenters. The number of hydrogen-bond acceptors (Lipinski definition) is 4. The molecule has 3 heterocycles. The van der Waals surface area contributed by atoms with Gasteiger partial charge in [0.1, 0.15) is 0 Å². The molecule has 2 saturated heterocycles. The van der Waals surface area contributed by atoms with Crippen molar-refractivity contribution in [1.82, 2.24) is 20.5 Å². The maximum Gasteiger partial charge on any atom is 0.252 e. The second-order valence-electron chi connectivity index (χ2n) is 5.21. The summed E-state index contributed by atoms with van der Waals surface area (Å²) in [6, 6.07) is 4.06. The van der Waals surface area contributed by atoms with Crippen LogP contribution < -0.4 is 10.6 Å². The number of rotatable bonds is 4. The first-order chi connectivity index (χ1) is 9.75. The molecule has 0 spiro atoms. The smallest absolute Gasteiger partial charge is 0.252 e. The summed E-state index contributed by atoms with van der Waals surface area (Å²) in [5, 5.41) is 6.18. The molecule has 0 bridgehead atoms. The average Bonchev–Trinajstić information content (AvgIpc) is 3.02. The molecule has 0 saturated carbocycles. The molecule has 7 heteroatoms. The van der Waals surface area contributed by atoms with Gasteiger partial charge >= 0.3 is 0 Å². The highest BCUT2D eigenvalue weighted by molar-refractivity contribution is 5.93. The van der Waals surface area contributed by atoms with Crippen LogP contribution in [0.2, 0.25) is 0 Å². The summed E-state index contributed by atoms with van der Waals surface area (Å²) < 4.78 is 0. The molecule has 0 unspecified atom stereocenters. The zero-order valence-electron chi connectivity index (χ0n) is 11.6. The van der Waals surface area contributed by atoms with Gasteiger partial charge in [0.15, 0.2) is 0 Å². The molecule has 2 N–H and O–H groups in total. The Bertz CT molecular complexity index is 511. The molecule has 2 aliphatic rings. The molecule has 114 valence electrons. The Balaban J connectivity index is 0.00000161. The molecule has 0 aromatic carbocycles. The quantitative estimate of drug-likeness (QED) is 0.833. The first-order valence-electron chi connectivity index (χ1n) is 6.97. The van der Waals surface area contributed by atoms with Gasteiger partial charge in [0.05, 0.1) is 5.56 Å². The van der Waals surface area contributed by atoms with Crippen LogP contribution in [0.3, 0.4) is 0 Å². The van der Waals surface area contributed by atoms with Crippen molar-refractivity contribution in [3.8, 4) is 0 Å². The van der Waals surface area contributed by atoms with Crippen molar-refractivity contribution in [2.45, 2.75) is 24.9 Å². The highest BCUT2D eigenvalue weighted by Crippen LogP contribution is 2.25. The minimum absolute atomic E-state index is 0. The van der Waals surface area contributed by atoms with E-state index in [1.165, 1.54) is 6.20 Å². The van der Waals surface area contributed by atoms with Gasteiger partial charge in [0, 0.05) is 44.0 Å². The van der Waals surface area contributed by atoms with Gasteiger partial charge in [0.2, 0.25) is 5.91 Å². The van der Waals surface area contributed by atoms with Crippen LogP contribution in [-0.4, -0.2) is 53.4 Å². The number of aromatic nitrogens is 1. The predicted molar refractivity (Wildman–Crippen MR) is 80.3 cm³/mol. The van der Waals surface area contributed by atoms with Gasteiger partial charge in [-0.05, 0) is 25.1 Å². The van der Waals surface area contributed by atoms with Gasteiger partial charge in [-0.25, -0.2) is 0 Å². The van der Waals surface area contributed by atoms with Gasteiger partial charge in [0.25, 0.3) is 5.91 Å². The van der Waals surface area contributed by atoms with E-state index in [1.54, 1.807) is 18.3 Å². The largest absolute Gasteiger partial charge is 0.350 e. The van der Waals surface area contributed by atoms with Crippen molar-refractivity contribution >= 4 is 24.2 Å². The number of likely N-dealkylation sites (tertiary alicyclic amines) is 1. The number of carbonyl (C=O) groups is 2. The Morgan fingerprint density at radius 1 is 1.52 bits per heavy atom. The molecule has 2 amide bonds. The summed E-state index contributed by atoms with van der Waals surface area (Å²) in [6.45, 7) is 2.03. The van der Waals surface area contributed by atoms with E-state index < -0.39 is 0 Å². The molecule has 6 nitrogen and oxygen atoms in total.